The Kier molecular flexibility index (Phi) is 4.54. The largest absolute Gasteiger partial charge is 0.382 e. The smallest absolute Gasteiger partial charge is 0.279 e. The van der Waals surface area contributed by atoms with Gasteiger partial charge in [-0.15, -0.1) is 0 Å². The second-order valence-corrected chi connectivity index (χ2v) is 2.44. The van der Waals surface area contributed by atoms with E-state index in [-0.39, 0.29) is 0 Å². The highest BCUT2D eigenvalue weighted by Crippen LogP contribution is 2.26. The quantitative estimate of drug-likeness (QED) is 0.393. The van der Waals surface area contributed by atoms with Gasteiger partial charge in [0.1, 0.15) is 0 Å². The van der Waals surface area contributed by atoms with Gasteiger partial charge in [-0.1, -0.05) is 18.5 Å². The molecule has 0 bridgehead atoms. The molecule has 1 atom stereocenters. The number of halogens is 2. The zero-order valence-electron chi connectivity index (χ0n) is 6.74. The van der Waals surface area contributed by atoms with Crippen LogP contribution in [-0.2, 0) is 0 Å². The lowest BCUT2D eigenvalue weighted by molar-refractivity contribution is -0.110. The SMILES string of the molecule is CCCCC(F)(F)C(O)N=[N+]=[N-]. The van der Waals surface area contributed by atoms with Crippen molar-refractivity contribution in [1.29, 1.82) is 0 Å². The Morgan fingerprint density at radius 2 is 2.25 bits per heavy atom. The molecule has 0 spiro atoms. The maximum atomic E-state index is 12.7. The molecule has 0 saturated carbocycles. The summed E-state index contributed by atoms with van der Waals surface area (Å²) in [6.07, 6.45) is -1.79. The molecule has 0 rings (SSSR count). The van der Waals surface area contributed by atoms with E-state index in [0.29, 0.717) is 12.8 Å². The van der Waals surface area contributed by atoms with Gasteiger partial charge in [-0.2, -0.15) is 0 Å². The normalized spacial score (nSPS) is 13.7. The van der Waals surface area contributed by atoms with Gasteiger partial charge in [-0.05, 0) is 12.0 Å². The van der Waals surface area contributed by atoms with Crippen molar-refractivity contribution in [3.63, 3.8) is 0 Å². The van der Waals surface area contributed by atoms with Crippen LogP contribution in [0.4, 0.5) is 8.78 Å². The van der Waals surface area contributed by atoms with Crippen molar-refractivity contribution in [3.05, 3.63) is 10.4 Å². The van der Waals surface area contributed by atoms with Gasteiger partial charge < -0.3 is 5.11 Å². The Hall–Kier alpha value is -0.870. The van der Waals surface area contributed by atoms with Crippen molar-refractivity contribution >= 4 is 0 Å². The Balaban J connectivity index is 4.07. The highest BCUT2D eigenvalue weighted by Gasteiger charge is 2.36. The van der Waals surface area contributed by atoms with Crippen LogP contribution in [0.15, 0.2) is 5.11 Å². The van der Waals surface area contributed by atoms with Crippen molar-refractivity contribution in [2.45, 2.75) is 38.3 Å². The second kappa shape index (κ2) is 4.90. The summed E-state index contributed by atoms with van der Waals surface area (Å²) in [5.41, 5.74) is 7.79. The molecule has 0 aromatic heterocycles. The minimum absolute atomic E-state index is 0.297. The number of nitrogens with zero attached hydrogens (tertiary/aromatic N) is 3. The lowest BCUT2D eigenvalue weighted by atomic mass is 10.1. The molecule has 0 radical (unpaired) electrons. The molecule has 1 unspecified atom stereocenters. The zero-order chi connectivity index (χ0) is 9.61. The van der Waals surface area contributed by atoms with Gasteiger partial charge in [-0.25, -0.2) is 8.78 Å². The van der Waals surface area contributed by atoms with Crippen LogP contribution < -0.4 is 0 Å². The molecule has 0 amide bonds. The number of hydrogen-bond acceptors (Lipinski definition) is 2. The van der Waals surface area contributed by atoms with E-state index in [2.05, 4.69) is 10.0 Å². The molecule has 0 aromatic carbocycles. The van der Waals surface area contributed by atoms with Gasteiger partial charge in [0.05, 0.1) is 0 Å². The second-order valence-electron chi connectivity index (χ2n) is 2.44. The summed E-state index contributed by atoms with van der Waals surface area (Å²) >= 11 is 0. The van der Waals surface area contributed by atoms with Crippen molar-refractivity contribution in [1.82, 2.24) is 0 Å². The van der Waals surface area contributed by atoms with Gasteiger partial charge in [0.25, 0.3) is 5.92 Å². The number of aliphatic hydroxyl groups is 1. The standard InChI is InChI=1S/C6H11F2N3O/c1-2-3-4-6(7,8)5(12)10-11-9/h5,12H,2-4H2,1H3. The summed E-state index contributed by atoms with van der Waals surface area (Å²) in [4.78, 5) is 2.10. The minimum atomic E-state index is -3.30. The van der Waals surface area contributed by atoms with Gasteiger partial charge in [0, 0.05) is 11.3 Å². The van der Waals surface area contributed by atoms with Crippen molar-refractivity contribution in [2.24, 2.45) is 5.11 Å². The van der Waals surface area contributed by atoms with E-state index >= 15 is 0 Å². The van der Waals surface area contributed by atoms with Crippen LogP contribution in [0.1, 0.15) is 26.2 Å². The molecule has 0 aliphatic rings. The molecule has 0 aliphatic heterocycles. The van der Waals surface area contributed by atoms with Crippen molar-refractivity contribution in [3.8, 4) is 0 Å². The summed E-state index contributed by atoms with van der Waals surface area (Å²) in [7, 11) is 0. The predicted molar refractivity (Wildman–Crippen MR) is 39.6 cm³/mol. The first-order chi connectivity index (χ1) is 5.54. The van der Waals surface area contributed by atoms with Gasteiger partial charge >= 0.3 is 0 Å². The molecule has 0 fully saturated rings. The maximum Gasteiger partial charge on any atom is 0.279 e. The van der Waals surface area contributed by atoms with Crippen LogP contribution >= 0.6 is 0 Å². The van der Waals surface area contributed by atoms with Crippen LogP contribution in [0.3, 0.4) is 0 Å². The third-order valence-corrected chi connectivity index (χ3v) is 1.40. The van der Waals surface area contributed by atoms with Crippen LogP contribution in [0.2, 0.25) is 0 Å². The summed E-state index contributed by atoms with van der Waals surface area (Å²) < 4.78 is 25.4. The number of hydrogen-bond donors (Lipinski definition) is 1. The Labute approximate surface area is 68.8 Å². The fraction of sp³-hybridized carbons (Fsp3) is 1.00. The summed E-state index contributed by atoms with van der Waals surface area (Å²) in [6, 6.07) is 0. The van der Waals surface area contributed by atoms with E-state index in [0.717, 1.165) is 0 Å². The van der Waals surface area contributed by atoms with Crippen LogP contribution in [0.5, 0.6) is 0 Å². The average Bonchev–Trinajstić information content (AvgIpc) is 2.01. The molecule has 12 heavy (non-hydrogen) atoms. The lowest BCUT2D eigenvalue weighted by Crippen LogP contribution is -2.31. The fourth-order valence-corrected chi connectivity index (χ4v) is 0.675. The molecule has 1 N–H and O–H groups in total. The lowest BCUT2D eigenvalue weighted by Gasteiger charge is -2.17. The zero-order valence-corrected chi connectivity index (χ0v) is 6.74. The molecule has 0 aromatic rings. The first kappa shape index (κ1) is 11.1. The summed E-state index contributed by atoms with van der Waals surface area (Å²) in [5.74, 6) is -3.30. The number of aliphatic hydroxyl groups excluding tert-OH is 1. The van der Waals surface area contributed by atoms with E-state index in [1.807, 2.05) is 0 Å². The highest BCUT2D eigenvalue weighted by molar-refractivity contribution is 4.74. The van der Waals surface area contributed by atoms with E-state index < -0.39 is 18.6 Å². The third-order valence-electron chi connectivity index (χ3n) is 1.40. The molecule has 4 nitrogen and oxygen atoms in total. The van der Waals surface area contributed by atoms with Gasteiger partial charge in [-0.3, -0.25) is 0 Å². The van der Waals surface area contributed by atoms with E-state index in [4.69, 9.17) is 10.6 Å². The third kappa shape index (κ3) is 3.50. The molecule has 70 valence electrons. The van der Waals surface area contributed by atoms with Crippen LogP contribution in [-0.4, -0.2) is 17.3 Å². The Morgan fingerprint density at radius 3 is 2.67 bits per heavy atom. The molecule has 0 heterocycles. The summed E-state index contributed by atoms with van der Waals surface area (Å²) in [6.45, 7) is 1.76. The topological polar surface area (TPSA) is 69.0 Å². The fourth-order valence-electron chi connectivity index (χ4n) is 0.675. The van der Waals surface area contributed by atoms with E-state index in [1.165, 1.54) is 0 Å². The predicted octanol–water partition coefficient (Wildman–Crippen LogP) is 2.44. The van der Waals surface area contributed by atoms with E-state index in [9.17, 15) is 8.78 Å². The molecule has 6 heteroatoms. The van der Waals surface area contributed by atoms with Gasteiger partial charge in [0.15, 0.2) is 6.23 Å². The maximum absolute atomic E-state index is 12.7. The molecular formula is C6H11F2N3O. The molecule has 0 aliphatic carbocycles. The number of alkyl halides is 2. The Bertz CT molecular complexity index is 180. The number of rotatable bonds is 5. The van der Waals surface area contributed by atoms with E-state index in [1.54, 1.807) is 6.92 Å². The summed E-state index contributed by atoms with van der Waals surface area (Å²) in [5, 5.41) is 11.2. The Morgan fingerprint density at radius 1 is 1.67 bits per heavy atom. The van der Waals surface area contributed by atoms with Crippen LogP contribution in [0.25, 0.3) is 10.4 Å². The number of unbranched alkanes of at least 4 members (excludes halogenated alkanes) is 1. The van der Waals surface area contributed by atoms with Crippen LogP contribution in [0, 0.1) is 0 Å². The highest BCUT2D eigenvalue weighted by atomic mass is 19.3. The molecule has 0 saturated heterocycles. The van der Waals surface area contributed by atoms with Crippen molar-refractivity contribution < 1.29 is 13.9 Å². The first-order valence-electron chi connectivity index (χ1n) is 3.64. The minimum Gasteiger partial charge on any atom is -0.382 e. The monoisotopic (exact) mass is 179 g/mol. The van der Waals surface area contributed by atoms with Crippen molar-refractivity contribution in [2.75, 3.05) is 0 Å². The molecular weight excluding hydrogens is 168 g/mol. The van der Waals surface area contributed by atoms with Gasteiger partial charge in [0.2, 0.25) is 0 Å². The first-order valence-corrected chi connectivity index (χ1v) is 3.64. The average molecular weight is 179 g/mol. The number of azide groups is 1.